The van der Waals surface area contributed by atoms with E-state index in [1.807, 2.05) is 0 Å². The molecule has 1 rings (SSSR count). The Hall–Kier alpha value is -0.160. The Morgan fingerprint density at radius 3 is 2.79 bits per heavy atom. The first-order valence-electron chi connectivity index (χ1n) is 7.67. The Bertz CT molecular complexity index is 235. The summed E-state index contributed by atoms with van der Waals surface area (Å²) in [7, 11) is 0. The lowest BCUT2D eigenvalue weighted by Gasteiger charge is -2.28. The zero-order valence-corrected chi connectivity index (χ0v) is 12.8. The average Bonchev–Trinajstić information content (AvgIpc) is 2.80. The second kappa shape index (κ2) is 8.90. The van der Waals surface area contributed by atoms with E-state index in [4.69, 9.17) is 9.47 Å². The highest BCUT2D eigenvalue weighted by Gasteiger charge is 2.38. The van der Waals surface area contributed by atoms with Crippen LogP contribution in [0.3, 0.4) is 0 Å². The summed E-state index contributed by atoms with van der Waals surface area (Å²) in [6.45, 7) is 9.73. The van der Waals surface area contributed by atoms with Crippen molar-refractivity contribution < 1.29 is 14.6 Å². The molecule has 1 saturated carbocycles. The Morgan fingerprint density at radius 1 is 1.37 bits per heavy atom. The number of aliphatic hydroxyl groups excluding tert-OH is 1. The minimum Gasteiger partial charge on any atom is -0.394 e. The third kappa shape index (κ3) is 6.21. The fraction of sp³-hybridized carbons (Fsp3) is 1.00. The molecule has 0 radical (unpaired) electrons. The molecule has 0 spiro atoms. The maximum atomic E-state index is 9.59. The first kappa shape index (κ1) is 16.9. The van der Waals surface area contributed by atoms with Crippen molar-refractivity contribution in [1.82, 2.24) is 5.32 Å². The largest absolute Gasteiger partial charge is 0.394 e. The van der Waals surface area contributed by atoms with Gasteiger partial charge in [0, 0.05) is 12.1 Å². The molecule has 2 N–H and O–H groups in total. The standard InChI is InChI=1S/C15H31NO3/c1-4-7-16-15(12-17)6-5-14(10-15)19-9-8-18-11-13(2)3/h13-14,16-17H,4-12H2,1-3H3. The van der Waals surface area contributed by atoms with Gasteiger partial charge in [0.25, 0.3) is 0 Å². The summed E-state index contributed by atoms with van der Waals surface area (Å²) in [5, 5.41) is 13.1. The third-order valence-corrected chi connectivity index (χ3v) is 3.65. The predicted octanol–water partition coefficient (Wildman–Crippen LogP) is 1.96. The van der Waals surface area contributed by atoms with Crippen LogP contribution in [0.25, 0.3) is 0 Å². The van der Waals surface area contributed by atoms with Gasteiger partial charge < -0.3 is 19.9 Å². The zero-order chi connectivity index (χ0) is 14.1. The summed E-state index contributed by atoms with van der Waals surface area (Å²) >= 11 is 0. The molecule has 4 heteroatoms. The Morgan fingerprint density at radius 2 is 2.16 bits per heavy atom. The zero-order valence-electron chi connectivity index (χ0n) is 12.8. The van der Waals surface area contributed by atoms with Gasteiger partial charge in [0.15, 0.2) is 0 Å². The first-order chi connectivity index (χ1) is 9.12. The normalized spacial score (nSPS) is 27.3. The molecule has 1 aliphatic carbocycles. The van der Waals surface area contributed by atoms with E-state index in [-0.39, 0.29) is 18.2 Å². The van der Waals surface area contributed by atoms with Gasteiger partial charge in [0.2, 0.25) is 0 Å². The fourth-order valence-electron chi connectivity index (χ4n) is 2.56. The molecule has 0 aromatic rings. The highest BCUT2D eigenvalue weighted by atomic mass is 16.5. The summed E-state index contributed by atoms with van der Waals surface area (Å²) in [5.74, 6) is 0.576. The number of hydrogen-bond donors (Lipinski definition) is 2. The van der Waals surface area contributed by atoms with Crippen LogP contribution in [0.1, 0.15) is 46.5 Å². The third-order valence-electron chi connectivity index (χ3n) is 3.65. The lowest BCUT2D eigenvalue weighted by molar-refractivity contribution is -0.00245. The van der Waals surface area contributed by atoms with E-state index in [1.165, 1.54) is 0 Å². The maximum Gasteiger partial charge on any atom is 0.0704 e. The molecular weight excluding hydrogens is 242 g/mol. The van der Waals surface area contributed by atoms with Crippen LogP contribution in [0.15, 0.2) is 0 Å². The van der Waals surface area contributed by atoms with E-state index in [0.29, 0.717) is 19.1 Å². The smallest absolute Gasteiger partial charge is 0.0704 e. The second-order valence-electron chi connectivity index (χ2n) is 6.07. The molecule has 4 nitrogen and oxygen atoms in total. The number of ether oxygens (including phenoxy) is 2. The van der Waals surface area contributed by atoms with Crippen LogP contribution in [-0.4, -0.2) is 49.7 Å². The van der Waals surface area contributed by atoms with Gasteiger partial charge in [-0.1, -0.05) is 20.8 Å². The molecule has 19 heavy (non-hydrogen) atoms. The van der Waals surface area contributed by atoms with Crippen LogP contribution in [0.5, 0.6) is 0 Å². The molecule has 0 saturated heterocycles. The van der Waals surface area contributed by atoms with E-state index in [0.717, 1.165) is 38.8 Å². The van der Waals surface area contributed by atoms with Gasteiger partial charge in [-0.25, -0.2) is 0 Å². The quantitative estimate of drug-likeness (QED) is 0.597. The van der Waals surface area contributed by atoms with E-state index >= 15 is 0 Å². The van der Waals surface area contributed by atoms with Crippen molar-refractivity contribution in [2.75, 3.05) is 33.0 Å². The molecule has 1 aliphatic rings. The molecule has 0 aromatic carbocycles. The highest BCUT2D eigenvalue weighted by Crippen LogP contribution is 2.31. The molecule has 2 unspecified atom stereocenters. The monoisotopic (exact) mass is 273 g/mol. The number of aliphatic hydroxyl groups is 1. The summed E-state index contributed by atoms with van der Waals surface area (Å²) in [6.07, 6.45) is 4.30. The highest BCUT2D eigenvalue weighted by molar-refractivity contribution is 4.96. The minimum absolute atomic E-state index is 0.112. The molecule has 0 heterocycles. The van der Waals surface area contributed by atoms with Gasteiger partial charge in [-0.05, 0) is 38.1 Å². The predicted molar refractivity (Wildman–Crippen MR) is 77.4 cm³/mol. The van der Waals surface area contributed by atoms with E-state index in [9.17, 15) is 5.11 Å². The molecule has 0 amide bonds. The van der Waals surface area contributed by atoms with Crippen LogP contribution in [-0.2, 0) is 9.47 Å². The SMILES string of the molecule is CCCNC1(CO)CCC(OCCOCC(C)C)C1. The summed E-state index contributed by atoms with van der Waals surface area (Å²) < 4.78 is 11.4. The Labute approximate surface area is 117 Å². The van der Waals surface area contributed by atoms with Gasteiger partial charge in [-0.2, -0.15) is 0 Å². The van der Waals surface area contributed by atoms with Crippen LogP contribution in [0, 0.1) is 5.92 Å². The van der Waals surface area contributed by atoms with Crippen molar-refractivity contribution in [3.63, 3.8) is 0 Å². The van der Waals surface area contributed by atoms with Crippen LogP contribution in [0.4, 0.5) is 0 Å². The van der Waals surface area contributed by atoms with Crippen LogP contribution >= 0.6 is 0 Å². The van der Waals surface area contributed by atoms with Crippen molar-refractivity contribution in [1.29, 1.82) is 0 Å². The first-order valence-corrected chi connectivity index (χ1v) is 7.67. The molecule has 114 valence electrons. The number of nitrogens with one attached hydrogen (secondary N) is 1. The lowest BCUT2D eigenvalue weighted by Crippen LogP contribution is -2.47. The van der Waals surface area contributed by atoms with Crippen molar-refractivity contribution in [2.24, 2.45) is 5.92 Å². The topological polar surface area (TPSA) is 50.7 Å². The van der Waals surface area contributed by atoms with Gasteiger partial charge >= 0.3 is 0 Å². The maximum absolute atomic E-state index is 9.59. The van der Waals surface area contributed by atoms with Crippen molar-refractivity contribution in [3.05, 3.63) is 0 Å². The van der Waals surface area contributed by atoms with Crippen LogP contribution < -0.4 is 5.32 Å². The minimum atomic E-state index is -0.112. The summed E-state index contributed by atoms with van der Waals surface area (Å²) in [6, 6.07) is 0. The molecule has 0 bridgehead atoms. The van der Waals surface area contributed by atoms with Crippen molar-refractivity contribution in [3.8, 4) is 0 Å². The average molecular weight is 273 g/mol. The molecule has 2 atom stereocenters. The van der Waals surface area contributed by atoms with Gasteiger partial charge in [0.05, 0.1) is 25.9 Å². The van der Waals surface area contributed by atoms with Crippen molar-refractivity contribution in [2.45, 2.75) is 58.1 Å². The Kier molecular flexibility index (Phi) is 7.91. The van der Waals surface area contributed by atoms with Gasteiger partial charge in [-0.15, -0.1) is 0 Å². The Balaban J connectivity index is 2.16. The molecular formula is C15H31NO3. The lowest BCUT2D eigenvalue weighted by atomic mass is 9.98. The summed E-state index contributed by atoms with van der Waals surface area (Å²) in [4.78, 5) is 0. The van der Waals surface area contributed by atoms with E-state index in [1.54, 1.807) is 0 Å². The molecule has 0 aromatic heterocycles. The van der Waals surface area contributed by atoms with Crippen molar-refractivity contribution >= 4 is 0 Å². The van der Waals surface area contributed by atoms with E-state index < -0.39 is 0 Å². The number of rotatable bonds is 10. The number of hydrogen-bond acceptors (Lipinski definition) is 4. The van der Waals surface area contributed by atoms with E-state index in [2.05, 4.69) is 26.1 Å². The van der Waals surface area contributed by atoms with Gasteiger partial charge in [0.1, 0.15) is 0 Å². The fourth-order valence-corrected chi connectivity index (χ4v) is 2.56. The van der Waals surface area contributed by atoms with Crippen LogP contribution in [0.2, 0.25) is 0 Å². The molecule has 0 aliphatic heterocycles. The summed E-state index contributed by atoms with van der Waals surface area (Å²) in [5.41, 5.74) is -0.112. The second-order valence-corrected chi connectivity index (χ2v) is 6.07. The molecule has 1 fully saturated rings. The van der Waals surface area contributed by atoms with Gasteiger partial charge in [-0.3, -0.25) is 0 Å².